The van der Waals surface area contributed by atoms with E-state index in [9.17, 15) is 13.2 Å². The number of halogens is 1. The zero-order chi connectivity index (χ0) is 22.0. The maximum absolute atomic E-state index is 12.9. The minimum atomic E-state index is -3.95. The van der Waals surface area contributed by atoms with Crippen LogP contribution in [0.25, 0.3) is 0 Å². The molecule has 160 valence electrons. The molecule has 1 atom stereocenters. The van der Waals surface area contributed by atoms with Gasteiger partial charge in [-0.15, -0.1) is 4.40 Å². The van der Waals surface area contributed by atoms with Crippen molar-refractivity contribution >= 4 is 49.9 Å². The molecule has 4 rings (SSSR count). The number of rotatable bonds is 7. The minimum Gasteiger partial charge on any atom is -0.497 e. The van der Waals surface area contributed by atoms with Crippen molar-refractivity contribution in [2.75, 3.05) is 12.4 Å². The second-order valence-electron chi connectivity index (χ2n) is 6.84. The van der Waals surface area contributed by atoms with Crippen LogP contribution < -0.4 is 10.1 Å². The van der Waals surface area contributed by atoms with E-state index in [0.29, 0.717) is 23.7 Å². The Labute approximate surface area is 192 Å². The minimum absolute atomic E-state index is 0.0469. The topological polar surface area (TPSA) is 111 Å². The van der Waals surface area contributed by atoms with E-state index < -0.39 is 15.8 Å². The molecule has 1 aliphatic heterocycles. The van der Waals surface area contributed by atoms with Gasteiger partial charge in [0.15, 0.2) is 11.6 Å². The Hall–Kier alpha value is -2.73. The van der Waals surface area contributed by atoms with Gasteiger partial charge in [-0.2, -0.15) is 8.42 Å². The van der Waals surface area contributed by atoms with Gasteiger partial charge in [0.25, 0.3) is 10.0 Å². The number of carbonyl (C=O) groups is 1. The highest BCUT2D eigenvalue weighted by atomic mass is 127. The normalized spacial score (nSPS) is 15.4. The highest BCUT2D eigenvalue weighted by molar-refractivity contribution is 14.1. The summed E-state index contributed by atoms with van der Waals surface area (Å²) in [7, 11) is -2.37. The van der Waals surface area contributed by atoms with Crippen LogP contribution in [-0.2, 0) is 14.8 Å². The molecule has 0 radical (unpaired) electrons. The number of sulfonamides is 1. The number of ketones is 1. The third-order valence-corrected chi connectivity index (χ3v) is 6.84. The van der Waals surface area contributed by atoms with Crippen LogP contribution in [0.1, 0.15) is 30.2 Å². The van der Waals surface area contributed by atoms with Crippen LogP contribution >= 0.6 is 22.6 Å². The summed E-state index contributed by atoms with van der Waals surface area (Å²) in [6.07, 6.45) is 3.42. The van der Waals surface area contributed by atoms with Crippen LogP contribution in [0.5, 0.6) is 5.75 Å². The molecule has 0 spiro atoms. The second kappa shape index (κ2) is 8.79. The van der Waals surface area contributed by atoms with Crippen LogP contribution in [0.3, 0.4) is 0 Å². The molecule has 31 heavy (non-hydrogen) atoms. The fourth-order valence-electron chi connectivity index (χ4n) is 3.34. The van der Waals surface area contributed by atoms with E-state index in [1.165, 1.54) is 12.3 Å². The average Bonchev–Trinajstić information content (AvgIpc) is 3.28. The lowest BCUT2D eigenvalue weighted by atomic mass is 9.92. The molecular formula is C21H18IN3O5S. The van der Waals surface area contributed by atoms with E-state index in [-0.39, 0.29) is 23.1 Å². The fourth-order valence-corrected chi connectivity index (χ4v) is 5.21. The Bertz CT molecular complexity index is 1260. The predicted molar refractivity (Wildman–Crippen MR) is 123 cm³/mol. The summed E-state index contributed by atoms with van der Waals surface area (Å²) in [5.74, 6) is 0.240. The average molecular weight is 551 g/mol. The van der Waals surface area contributed by atoms with Crippen molar-refractivity contribution in [3.05, 3.63) is 69.9 Å². The molecule has 8 nitrogen and oxygen atoms in total. The quantitative estimate of drug-likeness (QED) is 0.443. The molecule has 0 saturated heterocycles. The summed E-state index contributed by atoms with van der Waals surface area (Å²) in [6.45, 7) is 0. The summed E-state index contributed by atoms with van der Waals surface area (Å²) in [5, 5.41) is 2.85. The number of benzene rings is 2. The summed E-state index contributed by atoms with van der Waals surface area (Å²) >= 11 is 2.03. The highest BCUT2D eigenvalue weighted by Crippen LogP contribution is 2.32. The van der Waals surface area contributed by atoms with Gasteiger partial charge in [0, 0.05) is 9.99 Å². The number of hydrogen-bond acceptors (Lipinski definition) is 7. The van der Waals surface area contributed by atoms with Crippen LogP contribution in [0.15, 0.2) is 68.6 Å². The molecule has 1 N–H and O–H groups in total. The largest absolute Gasteiger partial charge is 0.497 e. The van der Waals surface area contributed by atoms with E-state index >= 15 is 0 Å². The molecule has 2 heterocycles. The monoisotopic (exact) mass is 551 g/mol. The highest BCUT2D eigenvalue weighted by Gasteiger charge is 2.29. The molecule has 1 unspecified atom stereocenters. The number of nitrogens with zero attached hydrogens (tertiary/aromatic N) is 2. The molecular weight excluding hydrogens is 533 g/mol. The number of methoxy groups -OCH3 is 1. The standard InChI is InChI=1S/C21H18IN3O5S/c1-29-15-4-2-3-13(11-15)16(21-23-9-10-30-21)6-8-18(26)20-24-17-7-5-14(22)12-19(17)31(27,28)25-20/h2-5,7,9-12,16H,6,8H2,1H3,(H,24,25). The smallest absolute Gasteiger partial charge is 0.286 e. The van der Waals surface area contributed by atoms with Gasteiger partial charge in [-0.25, -0.2) is 4.98 Å². The van der Waals surface area contributed by atoms with Gasteiger partial charge in [0.05, 0.1) is 24.9 Å². The fraction of sp³-hybridized carbons (Fsp3) is 0.190. The van der Waals surface area contributed by atoms with Crippen molar-refractivity contribution in [3.8, 4) is 5.75 Å². The van der Waals surface area contributed by atoms with E-state index in [1.807, 2.05) is 46.9 Å². The Kier molecular flexibility index (Phi) is 6.10. The number of anilines is 1. The molecule has 0 amide bonds. The van der Waals surface area contributed by atoms with Crippen molar-refractivity contribution in [2.45, 2.75) is 23.7 Å². The van der Waals surface area contributed by atoms with E-state index in [0.717, 1.165) is 9.13 Å². The third-order valence-electron chi connectivity index (χ3n) is 4.86. The number of hydrogen-bond donors (Lipinski definition) is 1. The molecule has 3 aromatic rings. The Morgan fingerprint density at radius 3 is 2.84 bits per heavy atom. The summed E-state index contributed by atoms with van der Waals surface area (Å²) < 4.78 is 40.3. The van der Waals surface area contributed by atoms with E-state index in [2.05, 4.69) is 14.7 Å². The number of carbonyl (C=O) groups excluding carboxylic acids is 1. The first-order chi connectivity index (χ1) is 14.9. The SMILES string of the molecule is COc1cccc(C(CCC(=O)C2=NS(=O)(=O)c3cc(I)ccc3N2)c2ncco2)c1. The van der Waals surface area contributed by atoms with Gasteiger partial charge >= 0.3 is 0 Å². The molecule has 0 aliphatic carbocycles. The summed E-state index contributed by atoms with van der Waals surface area (Å²) in [4.78, 5) is 17.2. The second-order valence-corrected chi connectivity index (χ2v) is 9.66. The summed E-state index contributed by atoms with van der Waals surface area (Å²) in [5.41, 5.74) is 1.22. The van der Waals surface area contributed by atoms with Gasteiger partial charge in [0.2, 0.25) is 5.89 Å². The third kappa shape index (κ3) is 4.64. The van der Waals surface area contributed by atoms with Gasteiger partial charge in [-0.3, -0.25) is 4.79 Å². The number of nitrogens with one attached hydrogen (secondary N) is 1. The number of aromatic nitrogens is 1. The van der Waals surface area contributed by atoms with Gasteiger partial charge < -0.3 is 14.5 Å². The van der Waals surface area contributed by atoms with Crippen molar-refractivity contribution in [1.29, 1.82) is 0 Å². The Balaban J connectivity index is 1.56. The van der Waals surface area contributed by atoms with Crippen molar-refractivity contribution < 1.29 is 22.4 Å². The lowest BCUT2D eigenvalue weighted by molar-refractivity contribution is -0.113. The van der Waals surface area contributed by atoms with Gasteiger partial charge in [-0.05, 0) is 64.9 Å². The Morgan fingerprint density at radius 2 is 2.10 bits per heavy atom. The first-order valence-electron chi connectivity index (χ1n) is 9.35. The molecule has 0 bridgehead atoms. The number of oxazole rings is 1. The van der Waals surface area contributed by atoms with Gasteiger partial charge in [-0.1, -0.05) is 12.1 Å². The lowest BCUT2D eigenvalue weighted by Gasteiger charge is -2.19. The first kappa shape index (κ1) is 21.5. The maximum Gasteiger partial charge on any atom is 0.286 e. The van der Waals surface area contributed by atoms with E-state index in [1.54, 1.807) is 25.4 Å². The number of Topliss-reactive ketones (excluding diaryl/α,β-unsaturated/α-hetero) is 1. The van der Waals surface area contributed by atoms with Crippen LogP contribution in [0.4, 0.5) is 5.69 Å². The Morgan fingerprint density at radius 1 is 1.26 bits per heavy atom. The molecule has 2 aromatic carbocycles. The predicted octanol–water partition coefficient (Wildman–Crippen LogP) is 3.98. The molecule has 0 fully saturated rings. The van der Waals surface area contributed by atoms with Crippen molar-refractivity contribution in [1.82, 2.24) is 4.98 Å². The van der Waals surface area contributed by atoms with E-state index in [4.69, 9.17) is 9.15 Å². The zero-order valence-electron chi connectivity index (χ0n) is 16.4. The molecule has 1 aromatic heterocycles. The lowest BCUT2D eigenvalue weighted by Crippen LogP contribution is -2.29. The molecule has 0 saturated carbocycles. The summed E-state index contributed by atoms with van der Waals surface area (Å²) in [6, 6.07) is 12.3. The first-order valence-corrected chi connectivity index (χ1v) is 11.9. The van der Waals surface area contributed by atoms with Crippen molar-refractivity contribution in [2.24, 2.45) is 4.40 Å². The van der Waals surface area contributed by atoms with Crippen molar-refractivity contribution in [3.63, 3.8) is 0 Å². The number of amidine groups is 1. The maximum atomic E-state index is 12.9. The number of fused-ring (bicyclic) bond motifs is 1. The van der Waals surface area contributed by atoms with Crippen LogP contribution in [-0.4, -0.2) is 32.1 Å². The molecule has 10 heteroatoms. The van der Waals surface area contributed by atoms with Crippen LogP contribution in [0, 0.1) is 3.57 Å². The van der Waals surface area contributed by atoms with Gasteiger partial charge in [0.1, 0.15) is 16.9 Å². The number of ether oxygens (including phenoxy) is 1. The molecule has 1 aliphatic rings. The zero-order valence-corrected chi connectivity index (χ0v) is 19.4. The van der Waals surface area contributed by atoms with Crippen LogP contribution in [0.2, 0.25) is 0 Å².